The molecule has 0 amide bonds. The average Bonchev–Trinajstić information content (AvgIpc) is 2.25. The number of hydrogen-bond acceptors (Lipinski definition) is 2. The van der Waals surface area contributed by atoms with Gasteiger partial charge in [-0.15, -0.1) is 0 Å². The van der Waals surface area contributed by atoms with Gasteiger partial charge in [0.05, 0.1) is 0 Å². The Morgan fingerprint density at radius 2 is 1.73 bits per heavy atom. The molecule has 0 atom stereocenters. The summed E-state index contributed by atoms with van der Waals surface area (Å²) in [6.07, 6.45) is 3.81. The largest absolute Gasteiger partial charge is 0.308 e. The van der Waals surface area contributed by atoms with Crippen molar-refractivity contribution in [2.45, 2.75) is 32.2 Å². The second-order valence-corrected chi connectivity index (χ2v) is 4.74. The summed E-state index contributed by atoms with van der Waals surface area (Å²) in [7, 11) is 4.31. The third-order valence-corrected chi connectivity index (χ3v) is 3.10. The SMILES string of the molecule is CCCN(CCN(C)C)C1CC[N]CC1. The lowest BCUT2D eigenvalue weighted by molar-refractivity contribution is 0.148. The Kier molecular flexibility index (Phi) is 6.22. The first-order valence-electron chi connectivity index (χ1n) is 6.26. The van der Waals surface area contributed by atoms with Crippen molar-refractivity contribution < 1.29 is 0 Å². The molecule has 0 saturated carbocycles. The molecule has 3 nitrogen and oxygen atoms in total. The summed E-state index contributed by atoms with van der Waals surface area (Å²) in [5, 5.41) is 4.43. The van der Waals surface area contributed by atoms with E-state index in [-0.39, 0.29) is 0 Å². The first-order valence-corrected chi connectivity index (χ1v) is 6.26. The zero-order valence-electron chi connectivity index (χ0n) is 10.6. The molecule has 1 rings (SSSR count). The Hall–Kier alpha value is -0.120. The van der Waals surface area contributed by atoms with Crippen molar-refractivity contribution in [1.82, 2.24) is 15.1 Å². The molecule has 1 aliphatic heterocycles. The van der Waals surface area contributed by atoms with Gasteiger partial charge in [-0.2, -0.15) is 0 Å². The van der Waals surface area contributed by atoms with Gasteiger partial charge in [0.15, 0.2) is 0 Å². The summed E-state index contributed by atoms with van der Waals surface area (Å²) in [4.78, 5) is 4.94. The zero-order chi connectivity index (χ0) is 11.1. The van der Waals surface area contributed by atoms with E-state index in [1.54, 1.807) is 0 Å². The zero-order valence-corrected chi connectivity index (χ0v) is 10.6. The maximum atomic E-state index is 4.43. The Balaban J connectivity index is 2.33. The summed E-state index contributed by atoms with van der Waals surface area (Å²) in [5.41, 5.74) is 0. The first kappa shape index (κ1) is 12.9. The Bertz CT molecular complexity index is 153. The van der Waals surface area contributed by atoms with E-state index in [9.17, 15) is 0 Å². The van der Waals surface area contributed by atoms with E-state index < -0.39 is 0 Å². The molecule has 1 radical (unpaired) electrons. The van der Waals surface area contributed by atoms with Crippen molar-refractivity contribution in [3.63, 3.8) is 0 Å². The number of rotatable bonds is 6. The van der Waals surface area contributed by atoms with Crippen LogP contribution < -0.4 is 5.32 Å². The van der Waals surface area contributed by atoms with Crippen LogP contribution in [0.2, 0.25) is 0 Å². The normalized spacial score (nSPS) is 19.0. The van der Waals surface area contributed by atoms with Gasteiger partial charge in [0, 0.05) is 32.2 Å². The van der Waals surface area contributed by atoms with E-state index >= 15 is 0 Å². The van der Waals surface area contributed by atoms with E-state index in [0.717, 1.165) is 19.1 Å². The minimum atomic E-state index is 0.794. The molecule has 0 aromatic carbocycles. The molecule has 3 heteroatoms. The van der Waals surface area contributed by atoms with Gasteiger partial charge in [-0.05, 0) is 39.9 Å². The third-order valence-electron chi connectivity index (χ3n) is 3.10. The van der Waals surface area contributed by atoms with Gasteiger partial charge in [0.2, 0.25) is 0 Å². The number of hydrogen-bond donors (Lipinski definition) is 0. The predicted molar refractivity (Wildman–Crippen MR) is 65.3 cm³/mol. The highest BCUT2D eigenvalue weighted by atomic mass is 15.2. The summed E-state index contributed by atoms with van der Waals surface area (Å²) < 4.78 is 0. The lowest BCUT2D eigenvalue weighted by Gasteiger charge is -2.34. The van der Waals surface area contributed by atoms with E-state index in [4.69, 9.17) is 0 Å². The van der Waals surface area contributed by atoms with E-state index in [2.05, 4.69) is 36.1 Å². The fourth-order valence-electron chi connectivity index (χ4n) is 2.19. The van der Waals surface area contributed by atoms with Gasteiger partial charge in [0.1, 0.15) is 0 Å². The Labute approximate surface area is 94.8 Å². The van der Waals surface area contributed by atoms with Crippen molar-refractivity contribution in [3.05, 3.63) is 0 Å². The molecule has 0 aromatic rings. The molecule has 0 unspecified atom stereocenters. The molecule has 0 bridgehead atoms. The standard InChI is InChI=1S/C12H26N3/c1-4-9-15(11-10-14(2)3)12-5-7-13-8-6-12/h12H,4-11H2,1-3H3. The molecule has 1 fully saturated rings. The van der Waals surface area contributed by atoms with Crippen LogP contribution in [0.4, 0.5) is 0 Å². The van der Waals surface area contributed by atoms with Gasteiger partial charge in [-0.3, -0.25) is 4.90 Å². The molecule has 15 heavy (non-hydrogen) atoms. The molecule has 0 aliphatic carbocycles. The highest BCUT2D eigenvalue weighted by molar-refractivity contribution is 4.77. The van der Waals surface area contributed by atoms with Gasteiger partial charge in [0.25, 0.3) is 0 Å². The lowest BCUT2D eigenvalue weighted by Crippen LogP contribution is -2.44. The van der Waals surface area contributed by atoms with Crippen molar-refractivity contribution in [2.75, 3.05) is 46.8 Å². The molecule has 1 saturated heterocycles. The topological polar surface area (TPSA) is 20.6 Å². The Morgan fingerprint density at radius 1 is 1.07 bits per heavy atom. The quantitative estimate of drug-likeness (QED) is 0.655. The van der Waals surface area contributed by atoms with Crippen LogP contribution in [0.25, 0.3) is 0 Å². The summed E-state index contributed by atoms with van der Waals surface area (Å²) in [5.74, 6) is 0. The highest BCUT2D eigenvalue weighted by Crippen LogP contribution is 2.12. The van der Waals surface area contributed by atoms with Gasteiger partial charge in [-0.25, -0.2) is 5.32 Å². The lowest BCUT2D eigenvalue weighted by atomic mass is 10.0. The van der Waals surface area contributed by atoms with Crippen LogP contribution >= 0.6 is 0 Å². The van der Waals surface area contributed by atoms with Crippen LogP contribution in [0.1, 0.15) is 26.2 Å². The van der Waals surface area contributed by atoms with Crippen molar-refractivity contribution in [3.8, 4) is 0 Å². The fraction of sp³-hybridized carbons (Fsp3) is 1.00. The maximum absolute atomic E-state index is 4.43. The van der Waals surface area contributed by atoms with Crippen molar-refractivity contribution >= 4 is 0 Å². The van der Waals surface area contributed by atoms with Crippen molar-refractivity contribution in [1.29, 1.82) is 0 Å². The second kappa shape index (κ2) is 7.20. The summed E-state index contributed by atoms with van der Waals surface area (Å²) >= 11 is 0. The van der Waals surface area contributed by atoms with Gasteiger partial charge >= 0.3 is 0 Å². The minimum absolute atomic E-state index is 0.794. The highest BCUT2D eigenvalue weighted by Gasteiger charge is 2.20. The molecule has 89 valence electrons. The predicted octanol–water partition coefficient (Wildman–Crippen LogP) is 1.03. The van der Waals surface area contributed by atoms with Crippen LogP contribution in [0.3, 0.4) is 0 Å². The number of piperidine rings is 1. The fourth-order valence-corrected chi connectivity index (χ4v) is 2.19. The first-order chi connectivity index (χ1) is 7.24. The minimum Gasteiger partial charge on any atom is -0.308 e. The molecular formula is C12H26N3. The molecule has 0 N–H and O–H groups in total. The molecule has 0 aromatic heterocycles. The third kappa shape index (κ3) is 4.96. The van der Waals surface area contributed by atoms with E-state index in [1.165, 1.54) is 38.9 Å². The van der Waals surface area contributed by atoms with Crippen LogP contribution in [-0.2, 0) is 0 Å². The average molecular weight is 212 g/mol. The van der Waals surface area contributed by atoms with Crippen LogP contribution in [0, 0.1) is 0 Å². The number of likely N-dealkylation sites (N-methyl/N-ethyl adjacent to an activating group) is 1. The Morgan fingerprint density at radius 3 is 2.27 bits per heavy atom. The maximum Gasteiger partial charge on any atom is 0.0148 e. The smallest absolute Gasteiger partial charge is 0.0148 e. The molecule has 1 aliphatic rings. The van der Waals surface area contributed by atoms with Crippen molar-refractivity contribution in [2.24, 2.45) is 0 Å². The van der Waals surface area contributed by atoms with Crippen LogP contribution in [0.5, 0.6) is 0 Å². The monoisotopic (exact) mass is 212 g/mol. The molecule has 0 spiro atoms. The number of nitrogens with zero attached hydrogens (tertiary/aromatic N) is 3. The van der Waals surface area contributed by atoms with E-state index in [0.29, 0.717) is 0 Å². The van der Waals surface area contributed by atoms with Crippen LogP contribution in [-0.4, -0.2) is 62.7 Å². The molecular weight excluding hydrogens is 186 g/mol. The summed E-state index contributed by atoms with van der Waals surface area (Å²) in [6.45, 7) is 8.06. The second-order valence-electron chi connectivity index (χ2n) is 4.74. The summed E-state index contributed by atoms with van der Waals surface area (Å²) in [6, 6.07) is 0.794. The van der Waals surface area contributed by atoms with E-state index in [1.807, 2.05) is 0 Å². The van der Waals surface area contributed by atoms with Gasteiger partial charge in [-0.1, -0.05) is 6.92 Å². The molecule has 1 heterocycles. The van der Waals surface area contributed by atoms with Crippen LogP contribution in [0.15, 0.2) is 0 Å². The van der Waals surface area contributed by atoms with Gasteiger partial charge < -0.3 is 4.90 Å².